The molecule has 1 amide bonds. The maximum atomic E-state index is 11.8. The van der Waals surface area contributed by atoms with Crippen LogP contribution in [0.3, 0.4) is 0 Å². The second kappa shape index (κ2) is 5.11. The monoisotopic (exact) mass is 268 g/mol. The molecule has 0 saturated heterocycles. The smallest absolute Gasteiger partial charge is 0.259 e. The molecule has 0 radical (unpaired) electrons. The van der Waals surface area contributed by atoms with Crippen molar-refractivity contribution in [3.8, 4) is 0 Å². The van der Waals surface area contributed by atoms with Gasteiger partial charge >= 0.3 is 0 Å². The first-order chi connectivity index (χ1) is 8.20. The van der Waals surface area contributed by atoms with Crippen LogP contribution in [0.4, 0.5) is 10.1 Å². The topological polar surface area (TPSA) is 66.9 Å². The Balaban J connectivity index is 2.13. The summed E-state index contributed by atoms with van der Waals surface area (Å²) in [6.07, 6.45) is 3.10. The third-order valence-corrected chi connectivity index (χ3v) is 3.33. The van der Waals surface area contributed by atoms with E-state index >= 15 is 0 Å². The Morgan fingerprint density at radius 2 is 2.35 bits per heavy atom. The molecule has 0 aliphatic carbocycles. The van der Waals surface area contributed by atoms with E-state index in [1.807, 2.05) is 0 Å². The van der Waals surface area contributed by atoms with Crippen LogP contribution in [0.15, 0.2) is 24.5 Å². The molecule has 2 aromatic rings. The highest BCUT2D eigenvalue weighted by atomic mass is 35.5. The zero-order chi connectivity index (χ0) is 12.3. The van der Waals surface area contributed by atoms with Gasteiger partial charge in [-0.1, -0.05) is 22.9 Å². The molecular formula is C10H9ClN4OS. The highest BCUT2D eigenvalue weighted by molar-refractivity contribution is 7.20. The molecule has 0 atom stereocenters. The maximum Gasteiger partial charge on any atom is 0.259 e. The molecule has 2 N–H and O–H groups in total. The number of carbonyl (C=O) groups is 1. The van der Waals surface area contributed by atoms with Crippen molar-refractivity contribution in [2.45, 2.75) is 0 Å². The highest BCUT2D eigenvalue weighted by Gasteiger charge is 2.11. The Hall–Kier alpha value is -1.66. The number of nitrogens with one attached hydrogen (secondary N) is 2. The minimum atomic E-state index is -0.258. The molecule has 0 spiro atoms. The maximum absolute atomic E-state index is 11.8. The first-order valence-electron chi connectivity index (χ1n) is 4.76. The van der Waals surface area contributed by atoms with Gasteiger partial charge in [-0.25, -0.2) is 4.98 Å². The summed E-state index contributed by atoms with van der Waals surface area (Å²) < 4.78 is 0. The van der Waals surface area contributed by atoms with Gasteiger partial charge in [-0.2, -0.15) is 0 Å². The Morgan fingerprint density at radius 3 is 2.94 bits per heavy atom. The highest BCUT2D eigenvalue weighted by Crippen LogP contribution is 2.31. The van der Waals surface area contributed by atoms with Crippen molar-refractivity contribution >= 4 is 39.0 Å². The Morgan fingerprint density at radius 1 is 1.53 bits per heavy atom. The molecule has 0 aliphatic heterocycles. The number of rotatable bonds is 3. The van der Waals surface area contributed by atoms with E-state index in [0.29, 0.717) is 20.8 Å². The third-order valence-electron chi connectivity index (χ3n) is 1.96. The quantitative estimate of drug-likeness (QED) is 0.897. The van der Waals surface area contributed by atoms with Crippen molar-refractivity contribution in [2.24, 2.45) is 0 Å². The van der Waals surface area contributed by atoms with Crippen LogP contribution in [0.2, 0.25) is 5.15 Å². The number of amides is 1. The SMILES string of the molecule is CNc1sc(NC(=O)c2cccnc2)nc1Cl. The van der Waals surface area contributed by atoms with E-state index in [0.717, 1.165) is 0 Å². The van der Waals surface area contributed by atoms with Crippen LogP contribution in [0.5, 0.6) is 0 Å². The predicted molar refractivity (Wildman–Crippen MR) is 68.9 cm³/mol. The number of pyridine rings is 1. The number of carbonyl (C=O) groups excluding carboxylic acids is 1. The van der Waals surface area contributed by atoms with Crippen LogP contribution in [-0.4, -0.2) is 22.9 Å². The van der Waals surface area contributed by atoms with Gasteiger partial charge in [-0.15, -0.1) is 0 Å². The van der Waals surface area contributed by atoms with E-state index in [2.05, 4.69) is 20.6 Å². The largest absolute Gasteiger partial charge is 0.377 e. The minimum absolute atomic E-state index is 0.258. The van der Waals surface area contributed by atoms with Gasteiger partial charge in [0.25, 0.3) is 5.91 Å². The number of anilines is 2. The summed E-state index contributed by atoms with van der Waals surface area (Å²) in [5.74, 6) is -0.258. The summed E-state index contributed by atoms with van der Waals surface area (Å²) in [6, 6.07) is 3.37. The second-order valence-corrected chi connectivity index (χ2v) is 4.44. The lowest BCUT2D eigenvalue weighted by Gasteiger charge is -1.99. The fraction of sp³-hybridized carbons (Fsp3) is 0.100. The average Bonchev–Trinajstić information content (AvgIpc) is 2.70. The summed E-state index contributed by atoms with van der Waals surface area (Å²) in [6.45, 7) is 0. The van der Waals surface area contributed by atoms with Crippen molar-refractivity contribution in [1.29, 1.82) is 0 Å². The van der Waals surface area contributed by atoms with Crippen LogP contribution in [0.25, 0.3) is 0 Å². The fourth-order valence-corrected chi connectivity index (χ4v) is 2.23. The molecule has 0 saturated carbocycles. The summed E-state index contributed by atoms with van der Waals surface area (Å²) in [4.78, 5) is 19.7. The van der Waals surface area contributed by atoms with Gasteiger partial charge in [0.1, 0.15) is 5.00 Å². The van der Waals surface area contributed by atoms with Crippen LogP contribution in [0, 0.1) is 0 Å². The molecule has 0 unspecified atom stereocenters. The molecular weight excluding hydrogens is 260 g/mol. The first-order valence-corrected chi connectivity index (χ1v) is 5.95. The van der Waals surface area contributed by atoms with Crippen molar-refractivity contribution in [3.05, 3.63) is 35.2 Å². The molecule has 0 bridgehead atoms. The van der Waals surface area contributed by atoms with E-state index in [4.69, 9.17) is 11.6 Å². The van der Waals surface area contributed by atoms with Gasteiger partial charge in [0, 0.05) is 19.4 Å². The zero-order valence-corrected chi connectivity index (χ0v) is 10.5. The summed E-state index contributed by atoms with van der Waals surface area (Å²) in [5, 5.41) is 7.06. The summed E-state index contributed by atoms with van der Waals surface area (Å²) in [5.41, 5.74) is 0.477. The summed E-state index contributed by atoms with van der Waals surface area (Å²) in [7, 11) is 1.74. The molecule has 0 fully saturated rings. The number of thiazole rings is 1. The molecule has 5 nitrogen and oxygen atoms in total. The minimum Gasteiger partial charge on any atom is -0.377 e. The molecule has 0 aliphatic rings. The number of aromatic nitrogens is 2. The Labute approximate surface area is 107 Å². The Bertz CT molecular complexity index is 528. The molecule has 88 valence electrons. The van der Waals surface area contributed by atoms with Crippen molar-refractivity contribution < 1.29 is 4.79 Å². The van der Waals surface area contributed by atoms with E-state index in [-0.39, 0.29) is 5.91 Å². The molecule has 2 aromatic heterocycles. The van der Waals surface area contributed by atoms with E-state index in [1.165, 1.54) is 17.5 Å². The molecule has 17 heavy (non-hydrogen) atoms. The normalized spacial score (nSPS) is 10.0. The lowest BCUT2D eigenvalue weighted by Crippen LogP contribution is -2.11. The molecule has 0 aromatic carbocycles. The van der Waals surface area contributed by atoms with Crippen LogP contribution in [-0.2, 0) is 0 Å². The van der Waals surface area contributed by atoms with E-state index < -0.39 is 0 Å². The molecule has 2 rings (SSSR count). The second-order valence-electron chi connectivity index (χ2n) is 3.08. The van der Waals surface area contributed by atoms with Crippen LogP contribution in [0.1, 0.15) is 10.4 Å². The van der Waals surface area contributed by atoms with Gasteiger partial charge in [-0.3, -0.25) is 15.1 Å². The molecule has 7 heteroatoms. The number of hydrogen-bond acceptors (Lipinski definition) is 5. The average molecular weight is 269 g/mol. The first kappa shape index (κ1) is 11.8. The molecule has 2 heterocycles. The van der Waals surface area contributed by atoms with Gasteiger partial charge < -0.3 is 5.32 Å². The lowest BCUT2D eigenvalue weighted by molar-refractivity contribution is 0.102. The number of hydrogen-bond donors (Lipinski definition) is 2. The predicted octanol–water partition coefficient (Wildman–Crippen LogP) is 2.49. The van der Waals surface area contributed by atoms with Crippen LogP contribution >= 0.6 is 22.9 Å². The third kappa shape index (κ3) is 2.72. The van der Waals surface area contributed by atoms with Crippen molar-refractivity contribution in [3.63, 3.8) is 0 Å². The van der Waals surface area contributed by atoms with Crippen LogP contribution < -0.4 is 10.6 Å². The number of nitrogens with zero attached hydrogens (tertiary/aromatic N) is 2. The van der Waals surface area contributed by atoms with Gasteiger partial charge in [-0.05, 0) is 12.1 Å². The van der Waals surface area contributed by atoms with E-state index in [9.17, 15) is 4.79 Å². The van der Waals surface area contributed by atoms with Crippen molar-refractivity contribution in [2.75, 3.05) is 17.7 Å². The van der Waals surface area contributed by atoms with Gasteiger partial charge in [0.15, 0.2) is 10.3 Å². The van der Waals surface area contributed by atoms with E-state index in [1.54, 1.807) is 25.4 Å². The Kier molecular flexibility index (Phi) is 3.55. The van der Waals surface area contributed by atoms with Gasteiger partial charge in [0.05, 0.1) is 5.56 Å². The van der Waals surface area contributed by atoms with Gasteiger partial charge in [0.2, 0.25) is 0 Å². The lowest BCUT2D eigenvalue weighted by atomic mass is 10.3. The number of halogens is 1. The standard InChI is InChI=1S/C10H9ClN4OS/c1-12-9-7(11)14-10(17-9)15-8(16)6-3-2-4-13-5-6/h2-5,12H,1H3,(H,14,15,16). The zero-order valence-electron chi connectivity index (χ0n) is 8.90. The van der Waals surface area contributed by atoms with Crippen molar-refractivity contribution in [1.82, 2.24) is 9.97 Å². The summed E-state index contributed by atoms with van der Waals surface area (Å²) >= 11 is 7.12. The fourth-order valence-electron chi connectivity index (χ4n) is 1.18.